The van der Waals surface area contributed by atoms with Crippen LogP contribution in [-0.4, -0.2) is 29.4 Å². The lowest BCUT2D eigenvalue weighted by Gasteiger charge is -2.14. The molecule has 0 heterocycles. The predicted octanol–water partition coefficient (Wildman–Crippen LogP) is 4.81. The number of thiocarbonyl (C=S) groups is 1. The summed E-state index contributed by atoms with van der Waals surface area (Å²) in [6, 6.07) is 11.6. The van der Waals surface area contributed by atoms with Gasteiger partial charge in [0.2, 0.25) is 5.91 Å². The fourth-order valence-electron chi connectivity index (χ4n) is 2.89. The van der Waals surface area contributed by atoms with Gasteiger partial charge in [0.1, 0.15) is 5.75 Å². The van der Waals surface area contributed by atoms with Gasteiger partial charge in [-0.15, -0.1) is 0 Å². The van der Waals surface area contributed by atoms with Gasteiger partial charge in [0.05, 0.1) is 12.2 Å². The molecule has 0 radical (unpaired) electrons. The Hall–Kier alpha value is -2.98. The molecule has 0 fully saturated rings. The van der Waals surface area contributed by atoms with E-state index >= 15 is 0 Å². The van der Waals surface area contributed by atoms with E-state index in [1.165, 1.54) is 0 Å². The maximum atomic E-state index is 12.7. The first-order valence-corrected chi connectivity index (χ1v) is 12.5. The molecule has 2 aromatic rings. The third kappa shape index (κ3) is 10.0. The van der Waals surface area contributed by atoms with Crippen molar-refractivity contribution in [2.45, 2.75) is 40.5 Å². The summed E-state index contributed by atoms with van der Waals surface area (Å²) in [7, 11) is 0. The van der Waals surface area contributed by atoms with Crippen molar-refractivity contribution in [3.05, 3.63) is 58.1 Å². The van der Waals surface area contributed by atoms with E-state index in [2.05, 4.69) is 51.3 Å². The van der Waals surface area contributed by atoms with Gasteiger partial charge in [0.25, 0.3) is 11.8 Å². The van der Waals surface area contributed by atoms with Crippen molar-refractivity contribution < 1.29 is 19.1 Å². The maximum absolute atomic E-state index is 12.7. The molecule has 0 aromatic heterocycles. The minimum Gasteiger partial charge on any atom is -0.493 e. The molecule has 0 aliphatic carbocycles. The second-order valence-electron chi connectivity index (χ2n) is 8.76. The standard InChI is InChI=1S/C25H31BrN4O4S/c1-15(2)11-12-34-21-10-7-18(26)14-20(21)24(33)28-25(35)30-29-23(32)17-5-8-19(9-6-17)27-22(31)13-16(3)4/h5-10,14-16H,11-13H2,1-4H3,(H,27,31)(H,29,32)(H2,28,30,33,35). The van der Waals surface area contributed by atoms with Crippen LogP contribution in [-0.2, 0) is 4.79 Å². The normalized spacial score (nSPS) is 10.6. The summed E-state index contributed by atoms with van der Waals surface area (Å²) >= 11 is 8.50. The number of benzene rings is 2. The van der Waals surface area contributed by atoms with Gasteiger partial charge in [0.15, 0.2) is 5.11 Å². The van der Waals surface area contributed by atoms with E-state index in [0.29, 0.717) is 41.5 Å². The minimum atomic E-state index is -0.473. The summed E-state index contributed by atoms with van der Waals surface area (Å²) < 4.78 is 6.49. The molecule has 0 aliphatic rings. The first-order valence-electron chi connectivity index (χ1n) is 11.3. The Labute approximate surface area is 219 Å². The molecule has 10 heteroatoms. The molecule has 0 bridgehead atoms. The Morgan fingerprint density at radius 2 is 1.63 bits per heavy atom. The SMILES string of the molecule is CC(C)CCOc1ccc(Br)cc1C(=O)NC(=S)NNC(=O)c1ccc(NC(=O)CC(C)C)cc1. The number of hydrogen-bond acceptors (Lipinski definition) is 5. The van der Waals surface area contributed by atoms with Gasteiger partial charge in [-0.1, -0.05) is 43.6 Å². The topological polar surface area (TPSA) is 109 Å². The fraction of sp³-hybridized carbons (Fsp3) is 0.360. The Morgan fingerprint density at radius 1 is 0.943 bits per heavy atom. The van der Waals surface area contributed by atoms with E-state index in [1.54, 1.807) is 42.5 Å². The van der Waals surface area contributed by atoms with Crippen molar-refractivity contribution in [2.75, 3.05) is 11.9 Å². The molecular weight excluding hydrogens is 532 g/mol. The number of rotatable bonds is 9. The molecule has 0 saturated carbocycles. The largest absolute Gasteiger partial charge is 0.493 e. The van der Waals surface area contributed by atoms with Crippen LogP contribution < -0.4 is 26.2 Å². The van der Waals surface area contributed by atoms with Crippen LogP contribution in [0.3, 0.4) is 0 Å². The Morgan fingerprint density at radius 3 is 2.26 bits per heavy atom. The second kappa shape index (κ2) is 13.8. The third-order valence-electron chi connectivity index (χ3n) is 4.68. The maximum Gasteiger partial charge on any atom is 0.269 e. The first kappa shape index (κ1) is 28.3. The summed E-state index contributed by atoms with van der Waals surface area (Å²) in [5, 5.41) is 5.24. The van der Waals surface area contributed by atoms with E-state index in [1.807, 2.05) is 13.8 Å². The smallest absolute Gasteiger partial charge is 0.269 e. The van der Waals surface area contributed by atoms with Crippen LogP contribution in [0, 0.1) is 11.8 Å². The number of carbonyl (C=O) groups is 3. The van der Waals surface area contributed by atoms with Crippen molar-refractivity contribution in [2.24, 2.45) is 11.8 Å². The van der Waals surface area contributed by atoms with Crippen molar-refractivity contribution in [3.8, 4) is 5.75 Å². The summed E-state index contributed by atoms with van der Waals surface area (Å²) in [4.78, 5) is 37.0. The zero-order valence-electron chi connectivity index (χ0n) is 20.2. The molecule has 2 aromatic carbocycles. The number of hydrogen-bond donors (Lipinski definition) is 4. The molecule has 0 saturated heterocycles. The molecule has 4 N–H and O–H groups in total. The van der Waals surface area contributed by atoms with Gasteiger partial charge < -0.3 is 10.1 Å². The number of anilines is 1. The van der Waals surface area contributed by atoms with Crippen LogP contribution in [0.1, 0.15) is 61.3 Å². The van der Waals surface area contributed by atoms with E-state index in [-0.39, 0.29) is 16.9 Å². The average Bonchev–Trinajstić information content (AvgIpc) is 2.78. The lowest BCUT2D eigenvalue weighted by atomic mass is 10.1. The van der Waals surface area contributed by atoms with Gasteiger partial charge in [-0.2, -0.15) is 0 Å². The molecule has 0 atom stereocenters. The summed E-state index contributed by atoms with van der Waals surface area (Å²) in [5.74, 6) is 0.157. The predicted molar refractivity (Wildman–Crippen MR) is 144 cm³/mol. The summed E-state index contributed by atoms with van der Waals surface area (Å²) in [6.45, 7) is 8.60. The molecular formula is C25H31BrN4O4S. The van der Waals surface area contributed by atoms with Gasteiger partial charge >= 0.3 is 0 Å². The molecule has 188 valence electrons. The van der Waals surface area contributed by atoms with E-state index < -0.39 is 11.8 Å². The van der Waals surface area contributed by atoms with Crippen molar-refractivity contribution in [1.82, 2.24) is 16.2 Å². The van der Waals surface area contributed by atoms with Gasteiger partial charge in [0, 0.05) is 22.1 Å². The van der Waals surface area contributed by atoms with Crippen LogP contribution in [0.4, 0.5) is 5.69 Å². The van der Waals surface area contributed by atoms with Crippen molar-refractivity contribution >= 4 is 56.7 Å². The highest BCUT2D eigenvalue weighted by Gasteiger charge is 2.16. The second-order valence-corrected chi connectivity index (χ2v) is 10.1. The third-order valence-corrected chi connectivity index (χ3v) is 5.38. The number of amides is 3. The number of hydrazine groups is 1. The van der Waals surface area contributed by atoms with Crippen LogP contribution in [0.2, 0.25) is 0 Å². The van der Waals surface area contributed by atoms with Gasteiger partial charge in [-0.3, -0.25) is 30.6 Å². The zero-order valence-corrected chi connectivity index (χ0v) is 22.6. The van der Waals surface area contributed by atoms with Crippen LogP contribution in [0.5, 0.6) is 5.75 Å². The molecule has 0 spiro atoms. The molecule has 0 unspecified atom stereocenters. The quantitative estimate of drug-likeness (QED) is 0.258. The number of ether oxygens (including phenoxy) is 1. The van der Waals surface area contributed by atoms with Crippen LogP contribution in [0.25, 0.3) is 0 Å². The summed E-state index contributed by atoms with van der Waals surface area (Å²) in [5.41, 5.74) is 6.22. The van der Waals surface area contributed by atoms with E-state index in [4.69, 9.17) is 17.0 Å². The van der Waals surface area contributed by atoms with Crippen LogP contribution in [0.15, 0.2) is 46.9 Å². The van der Waals surface area contributed by atoms with E-state index in [9.17, 15) is 14.4 Å². The number of nitrogens with one attached hydrogen (secondary N) is 4. The van der Waals surface area contributed by atoms with E-state index in [0.717, 1.165) is 10.9 Å². The van der Waals surface area contributed by atoms with Crippen molar-refractivity contribution in [3.63, 3.8) is 0 Å². The lowest BCUT2D eigenvalue weighted by Crippen LogP contribution is -2.48. The molecule has 8 nitrogen and oxygen atoms in total. The number of carbonyl (C=O) groups excluding carboxylic acids is 3. The Kier molecular flexibility index (Phi) is 11.1. The molecule has 3 amide bonds. The van der Waals surface area contributed by atoms with Gasteiger partial charge in [-0.25, -0.2) is 0 Å². The highest BCUT2D eigenvalue weighted by molar-refractivity contribution is 9.10. The highest BCUT2D eigenvalue weighted by Crippen LogP contribution is 2.24. The Balaban J connectivity index is 1.89. The highest BCUT2D eigenvalue weighted by atomic mass is 79.9. The molecule has 35 heavy (non-hydrogen) atoms. The summed E-state index contributed by atoms with van der Waals surface area (Å²) in [6.07, 6.45) is 1.27. The zero-order chi connectivity index (χ0) is 26.0. The Bertz CT molecular complexity index is 1060. The van der Waals surface area contributed by atoms with Gasteiger partial charge in [-0.05, 0) is 72.9 Å². The molecule has 2 rings (SSSR count). The lowest BCUT2D eigenvalue weighted by molar-refractivity contribution is -0.116. The minimum absolute atomic E-state index is 0.0750. The molecule has 0 aliphatic heterocycles. The first-order chi connectivity index (χ1) is 16.5. The monoisotopic (exact) mass is 562 g/mol. The number of halogens is 1. The van der Waals surface area contributed by atoms with Crippen molar-refractivity contribution in [1.29, 1.82) is 0 Å². The fourth-order valence-corrected chi connectivity index (χ4v) is 3.39. The average molecular weight is 564 g/mol. The van der Waals surface area contributed by atoms with Crippen LogP contribution >= 0.6 is 28.1 Å².